The van der Waals surface area contributed by atoms with Gasteiger partial charge in [0, 0.05) is 33.1 Å². The van der Waals surface area contributed by atoms with Crippen LogP contribution >= 0.6 is 0 Å². The Kier molecular flexibility index (Phi) is 4.98. The van der Waals surface area contributed by atoms with E-state index in [0.717, 1.165) is 6.54 Å². The number of likely N-dealkylation sites (N-methyl/N-ethyl adjacent to an activating group) is 1. The topological polar surface area (TPSA) is 61.9 Å². The third-order valence-corrected chi connectivity index (χ3v) is 5.33. The van der Waals surface area contributed by atoms with Crippen LogP contribution in [0.3, 0.4) is 0 Å². The zero-order valence-electron chi connectivity index (χ0n) is 13.4. The Morgan fingerprint density at radius 2 is 2.00 bits per heavy atom. The van der Waals surface area contributed by atoms with Crippen molar-refractivity contribution in [2.45, 2.75) is 44.2 Å². The number of nitrogens with one attached hydrogen (secondary N) is 1. The summed E-state index contributed by atoms with van der Waals surface area (Å²) in [5.74, 6) is 0.874. The van der Waals surface area contributed by atoms with Crippen molar-refractivity contribution in [3.63, 3.8) is 0 Å². The number of amides is 2. The first-order valence-electron chi connectivity index (χ1n) is 8.51. The third-order valence-electron chi connectivity index (χ3n) is 5.33. The summed E-state index contributed by atoms with van der Waals surface area (Å²) in [4.78, 5) is 28.3. The molecule has 2 amide bonds. The summed E-state index contributed by atoms with van der Waals surface area (Å²) in [5.41, 5.74) is 0. The van der Waals surface area contributed by atoms with Gasteiger partial charge in [0.15, 0.2) is 0 Å². The summed E-state index contributed by atoms with van der Waals surface area (Å²) >= 11 is 0. The van der Waals surface area contributed by atoms with E-state index in [1.54, 1.807) is 7.05 Å². The molecule has 2 aliphatic heterocycles. The van der Waals surface area contributed by atoms with E-state index in [4.69, 9.17) is 4.74 Å². The van der Waals surface area contributed by atoms with Gasteiger partial charge in [0.2, 0.25) is 11.8 Å². The molecule has 3 aliphatic rings. The average Bonchev–Trinajstić information content (AvgIpc) is 3.16. The number of carbonyl (C=O) groups is 2. The molecule has 2 atom stereocenters. The lowest BCUT2D eigenvalue weighted by molar-refractivity contribution is -0.131. The van der Waals surface area contributed by atoms with Crippen LogP contribution in [0.1, 0.15) is 32.1 Å². The maximum atomic E-state index is 12.5. The van der Waals surface area contributed by atoms with Gasteiger partial charge in [-0.2, -0.15) is 0 Å². The van der Waals surface area contributed by atoms with Crippen molar-refractivity contribution in [1.82, 2.24) is 15.1 Å². The number of hydrogen-bond donors (Lipinski definition) is 1. The molecule has 0 aromatic heterocycles. The first kappa shape index (κ1) is 15.7. The number of likely N-dealkylation sites (tertiary alicyclic amines) is 1. The lowest BCUT2D eigenvalue weighted by Crippen LogP contribution is -2.53. The fraction of sp³-hybridized carbons (Fsp3) is 0.875. The van der Waals surface area contributed by atoms with E-state index >= 15 is 0 Å². The van der Waals surface area contributed by atoms with Gasteiger partial charge in [-0.05, 0) is 18.8 Å². The molecule has 0 unspecified atom stereocenters. The van der Waals surface area contributed by atoms with Gasteiger partial charge < -0.3 is 15.0 Å². The summed E-state index contributed by atoms with van der Waals surface area (Å²) in [6, 6.07) is 0.165. The minimum atomic E-state index is 0.0244. The Hall–Kier alpha value is -1.14. The van der Waals surface area contributed by atoms with Crippen molar-refractivity contribution in [3.8, 4) is 0 Å². The molecule has 3 rings (SSSR count). The molecule has 22 heavy (non-hydrogen) atoms. The molecule has 0 aromatic rings. The first-order valence-corrected chi connectivity index (χ1v) is 8.51. The molecule has 1 N–H and O–H groups in total. The second-order valence-electron chi connectivity index (χ2n) is 6.77. The van der Waals surface area contributed by atoms with E-state index in [1.807, 2.05) is 4.90 Å². The molecule has 0 spiro atoms. The summed E-state index contributed by atoms with van der Waals surface area (Å²) in [6.45, 7) is 3.18. The largest absolute Gasteiger partial charge is 0.373 e. The highest BCUT2D eigenvalue weighted by molar-refractivity contribution is 5.78. The first-order chi connectivity index (χ1) is 10.7. The zero-order valence-corrected chi connectivity index (χ0v) is 13.4. The minimum Gasteiger partial charge on any atom is -0.373 e. The van der Waals surface area contributed by atoms with Crippen LogP contribution in [-0.2, 0) is 14.3 Å². The monoisotopic (exact) mass is 309 g/mol. The molecule has 6 nitrogen and oxygen atoms in total. The molecule has 124 valence electrons. The van der Waals surface area contributed by atoms with E-state index in [-0.39, 0.29) is 24.0 Å². The third kappa shape index (κ3) is 3.43. The van der Waals surface area contributed by atoms with Crippen molar-refractivity contribution in [3.05, 3.63) is 0 Å². The fourth-order valence-electron chi connectivity index (χ4n) is 4.01. The smallest absolute Gasteiger partial charge is 0.233 e. The van der Waals surface area contributed by atoms with Crippen molar-refractivity contribution in [1.29, 1.82) is 0 Å². The highest BCUT2D eigenvalue weighted by Crippen LogP contribution is 2.30. The molecular formula is C16H27N3O3. The number of morpholine rings is 1. The standard InChI is InChI=1S/C16H27N3O3/c1-17-15(20)11-18-6-7-22-14-10-19(9-13(14)18)16(21)8-12-4-2-3-5-12/h12-14H,2-11H2,1H3,(H,17,20)/t13-,14+/m0/s1. The van der Waals surface area contributed by atoms with Crippen LogP contribution in [0, 0.1) is 5.92 Å². The van der Waals surface area contributed by atoms with Crippen molar-refractivity contribution in [2.75, 3.05) is 39.8 Å². The van der Waals surface area contributed by atoms with Gasteiger partial charge in [0.25, 0.3) is 0 Å². The second-order valence-corrected chi connectivity index (χ2v) is 6.77. The predicted octanol–water partition coefficient (Wildman–Crippen LogP) is 0.224. The van der Waals surface area contributed by atoms with Crippen LogP contribution in [0.5, 0.6) is 0 Å². The number of ether oxygens (including phenoxy) is 1. The van der Waals surface area contributed by atoms with E-state index < -0.39 is 0 Å². The number of rotatable bonds is 4. The summed E-state index contributed by atoms with van der Waals surface area (Å²) in [5, 5.41) is 2.67. The summed E-state index contributed by atoms with van der Waals surface area (Å²) in [7, 11) is 1.66. The van der Waals surface area contributed by atoms with Crippen LogP contribution < -0.4 is 5.32 Å². The van der Waals surface area contributed by atoms with Crippen LogP contribution in [0.2, 0.25) is 0 Å². The predicted molar refractivity (Wildman–Crippen MR) is 82.3 cm³/mol. The van der Waals surface area contributed by atoms with E-state index in [9.17, 15) is 9.59 Å². The molecule has 6 heteroatoms. The van der Waals surface area contributed by atoms with Crippen LogP contribution in [0.4, 0.5) is 0 Å². The van der Waals surface area contributed by atoms with Crippen molar-refractivity contribution < 1.29 is 14.3 Å². The molecule has 1 saturated carbocycles. The second kappa shape index (κ2) is 6.96. The highest BCUT2D eigenvalue weighted by Gasteiger charge is 2.42. The van der Waals surface area contributed by atoms with Gasteiger partial charge in [0.05, 0.1) is 25.3 Å². The number of nitrogens with zero attached hydrogens (tertiary/aromatic N) is 2. The SMILES string of the molecule is CNC(=O)CN1CCO[C@@H]2CN(C(=O)CC3CCCC3)C[C@@H]21. The van der Waals surface area contributed by atoms with E-state index in [0.29, 0.717) is 38.6 Å². The molecule has 0 radical (unpaired) electrons. The molecular weight excluding hydrogens is 282 g/mol. The van der Waals surface area contributed by atoms with Gasteiger partial charge >= 0.3 is 0 Å². The maximum absolute atomic E-state index is 12.5. The maximum Gasteiger partial charge on any atom is 0.233 e. The van der Waals surface area contributed by atoms with E-state index in [1.165, 1.54) is 25.7 Å². The van der Waals surface area contributed by atoms with Crippen LogP contribution in [0.25, 0.3) is 0 Å². The normalized spacial score (nSPS) is 29.6. The molecule has 3 fully saturated rings. The Morgan fingerprint density at radius 3 is 2.73 bits per heavy atom. The minimum absolute atomic E-state index is 0.0244. The lowest BCUT2D eigenvalue weighted by Gasteiger charge is -2.35. The van der Waals surface area contributed by atoms with Gasteiger partial charge in [0.1, 0.15) is 0 Å². The van der Waals surface area contributed by atoms with Crippen molar-refractivity contribution >= 4 is 11.8 Å². The van der Waals surface area contributed by atoms with Crippen molar-refractivity contribution in [2.24, 2.45) is 5.92 Å². The lowest BCUT2D eigenvalue weighted by atomic mass is 10.0. The number of hydrogen-bond acceptors (Lipinski definition) is 4. The van der Waals surface area contributed by atoms with Gasteiger partial charge in [-0.3, -0.25) is 14.5 Å². The van der Waals surface area contributed by atoms with Gasteiger partial charge in [-0.25, -0.2) is 0 Å². The molecule has 2 saturated heterocycles. The number of fused-ring (bicyclic) bond motifs is 1. The van der Waals surface area contributed by atoms with E-state index in [2.05, 4.69) is 10.2 Å². The van der Waals surface area contributed by atoms with Gasteiger partial charge in [-0.1, -0.05) is 12.8 Å². The Morgan fingerprint density at radius 1 is 1.23 bits per heavy atom. The zero-order chi connectivity index (χ0) is 15.5. The molecule has 0 bridgehead atoms. The average molecular weight is 309 g/mol. The number of carbonyl (C=O) groups excluding carboxylic acids is 2. The fourth-order valence-corrected chi connectivity index (χ4v) is 4.01. The molecule has 0 aromatic carbocycles. The summed E-state index contributed by atoms with van der Waals surface area (Å²) in [6.07, 6.45) is 5.69. The Bertz CT molecular complexity index is 423. The van der Waals surface area contributed by atoms with Crippen LogP contribution in [0.15, 0.2) is 0 Å². The molecule has 2 heterocycles. The molecule has 1 aliphatic carbocycles. The highest BCUT2D eigenvalue weighted by atomic mass is 16.5. The Labute approximate surface area is 132 Å². The quantitative estimate of drug-likeness (QED) is 0.807. The van der Waals surface area contributed by atoms with Gasteiger partial charge in [-0.15, -0.1) is 0 Å². The Balaban J connectivity index is 1.56. The van der Waals surface area contributed by atoms with Crippen LogP contribution in [-0.4, -0.2) is 73.6 Å². The summed E-state index contributed by atoms with van der Waals surface area (Å²) < 4.78 is 5.83.